The summed E-state index contributed by atoms with van der Waals surface area (Å²) < 4.78 is 34.1. The largest absolute Gasteiger partial charge is 0.493 e. The molecule has 2 unspecified atom stereocenters. The summed E-state index contributed by atoms with van der Waals surface area (Å²) in [4.78, 5) is 0.227. The van der Waals surface area contributed by atoms with E-state index < -0.39 is 10.0 Å². The van der Waals surface area contributed by atoms with Gasteiger partial charge in [0.1, 0.15) is 5.75 Å². The van der Waals surface area contributed by atoms with Crippen LogP contribution in [0.15, 0.2) is 41.3 Å². The van der Waals surface area contributed by atoms with Gasteiger partial charge in [-0.25, -0.2) is 13.1 Å². The maximum Gasteiger partial charge on any atom is 0.241 e. The third kappa shape index (κ3) is 3.10. The van der Waals surface area contributed by atoms with E-state index in [1.54, 1.807) is 18.2 Å². The van der Waals surface area contributed by atoms with Crippen molar-refractivity contribution in [1.82, 2.24) is 4.72 Å². The molecule has 2 aromatic rings. The first-order valence-corrected chi connectivity index (χ1v) is 9.61. The van der Waals surface area contributed by atoms with Crippen LogP contribution in [0.5, 0.6) is 5.75 Å². The lowest BCUT2D eigenvalue weighted by molar-refractivity contribution is 0.344. The molecule has 3 rings (SSSR count). The summed E-state index contributed by atoms with van der Waals surface area (Å²) in [6.07, 6.45) is 2.32. The molecule has 0 radical (unpaired) electrons. The minimum atomic E-state index is -3.70. The molecule has 0 heterocycles. The number of sulfonamides is 1. The van der Waals surface area contributed by atoms with Gasteiger partial charge in [0.2, 0.25) is 10.0 Å². The van der Waals surface area contributed by atoms with E-state index in [-0.39, 0.29) is 16.9 Å². The van der Waals surface area contributed by atoms with Crippen molar-refractivity contribution in [2.75, 3.05) is 6.61 Å². The number of hydrogen-bond donors (Lipinski definition) is 1. The van der Waals surface area contributed by atoms with E-state index >= 15 is 0 Å². The molecule has 2 atom stereocenters. The smallest absolute Gasteiger partial charge is 0.241 e. The van der Waals surface area contributed by atoms with Crippen LogP contribution < -0.4 is 9.46 Å². The number of ether oxygens (including phenoxy) is 1. The number of hydrogen-bond acceptors (Lipinski definition) is 4. The van der Waals surface area contributed by atoms with Crippen molar-refractivity contribution in [2.24, 2.45) is 5.92 Å². The Balaban J connectivity index is 2.02. The zero-order valence-electron chi connectivity index (χ0n) is 13.5. The average Bonchev–Trinajstić information content (AvgIpc) is 3.01. The lowest BCUT2D eigenvalue weighted by Crippen LogP contribution is -2.36. The summed E-state index contributed by atoms with van der Waals surface area (Å²) in [5, 5.41) is 10.6. The molecule has 1 saturated carbocycles. The maximum atomic E-state index is 12.9. The lowest BCUT2D eigenvalue weighted by atomic mass is 10.1. The molecule has 0 aromatic heterocycles. The summed E-state index contributed by atoms with van der Waals surface area (Å²) in [5.41, 5.74) is 0. The van der Waals surface area contributed by atoms with Gasteiger partial charge in [-0.15, -0.1) is 0 Å². The first-order valence-electron chi connectivity index (χ1n) is 8.13. The lowest BCUT2D eigenvalue weighted by Gasteiger charge is -2.17. The molecule has 5 nitrogen and oxygen atoms in total. The number of nitrogens with zero attached hydrogens (tertiary/aromatic N) is 1. The molecule has 1 fully saturated rings. The fourth-order valence-corrected chi connectivity index (χ4v) is 4.80. The quantitative estimate of drug-likeness (QED) is 0.903. The van der Waals surface area contributed by atoms with Gasteiger partial charge in [0.05, 0.1) is 23.5 Å². The van der Waals surface area contributed by atoms with Gasteiger partial charge in [0.25, 0.3) is 0 Å². The van der Waals surface area contributed by atoms with Crippen molar-refractivity contribution in [3.05, 3.63) is 36.4 Å². The van der Waals surface area contributed by atoms with Gasteiger partial charge in [0, 0.05) is 16.8 Å². The molecule has 1 aliphatic carbocycles. The second-order valence-electron chi connectivity index (χ2n) is 5.93. The van der Waals surface area contributed by atoms with Crippen molar-refractivity contribution >= 4 is 20.8 Å². The van der Waals surface area contributed by atoms with Crippen LogP contribution in [-0.2, 0) is 10.0 Å². The van der Waals surface area contributed by atoms with Crippen LogP contribution in [0.3, 0.4) is 0 Å². The summed E-state index contributed by atoms with van der Waals surface area (Å²) in [7, 11) is -3.70. The Labute approximate surface area is 142 Å². The zero-order valence-corrected chi connectivity index (χ0v) is 14.3. The van der Waals surface area contributed by atoms with Crippen LogP contribution in [0.25, 0.3) is 10.8 Å². The maximum absolute atomic E-state index is 12.9. The van der Waals surface area contributed by atoms with Gasteiger partial charge in [0.15, 0.2) is 0 Å². The van der Waals surface area contributed by atoms with E-state index in [0.717, 1.165) is 18.2 Å². The van der Waals surface area contributed by atoms with Gasteiger partial charge < -0.3 is 4.74 Å². The molecule has 0 amide bonds. The second kappa shape index (κ2) is 6.80. The minimum absolute atomic E-state index is 0.227. The van der Waals surface area contributed by atoms with Crippen LogP contribution >= 0.6 is 0 Å². The van der Waals surface area contributed by atoms with E-state index in [9.17, 15) is 8.42 Å². The van der Waals surface area contributed by atoms with E-state index in [4.69, 9.17) is 10.00 Å². The molecule has 1 aliphatic rings. The number of benzene rings is 2. The fourth-order valence-electron chi connectivity index (χ4n) is 3.28. The van der Waals surface area contributed by atoms with Gasteiger partial charge in [-0.05, 0) is 31.9 Å². The van der Waals surface area contributed by atoms with E-state index in [1.807, 2.05) is 25.1 Å². The van der Waals surface area contributed by atoms with E-state index in [1.165, 1.54) is 0 Å². The predicted octanol–water partition coefficient (Wildman–Crippen LogP) is 3.21. The van der Waals surface area contributed by atoms with Crippen LogP contribution in [-0.4, -0.2) is 21.1 Å². The highest BCUT2D eigenvalue weighted by Crippen LogP contribution is 2.32. The number of fused-ring (bicyclic) bond motifs is 1. The highest BCUT2D eigenvalue weighted by molar-refractivity contribution is 7.89. The Bertz CT molecular complexity index is 887. The molecule has 0 spiro atoms. The van der Waals surface area contributed by atoms with Gasteiger partial charge in [-0.3, -0.25) is 0 Å². The van der Waals surface area contributed by atoms with Gasteiger partial charge in [-0.1, -0.05) is 30.7 Å². The summed E-state index contributed by atoms with van der Waals surface area (Å²) in [6.45, 7) is 2.41. The highest BCUT2D eigenvalue weighted by Gasteiger charge is 2.32. The summed E-state index contributed by atoms with van der Waals surface area (Å²) in [6, 6.07) is 12.5. The van der Waals surface area contributed by atoms with Crippen molar-refractivity contribution < 1.29 is 13.2 Å². The number of nitrogens with one attached hydrogen (secondary N) is 1. The van der Waals surface area contributed by atoms with Crippen molar-refractivity contribution in [3.63, 3.8) is 0 Å². The van der Waals surface area contributed by atoms with E-state index in [0.29, 0.717) is 24.2 Å². The Morgan fingerprint density at radius 1 is 1.21 bits per heavy atom. The molecular formula is C18H20N2O3S. The third-order valence-electron chi connectivity index (χ3n) is 4.42. The Morgan fingerprint density at radius 3 is 2.67 bits per heavy atom. The predicted molar refractivity (Wildman–Crippen MR) is 92.2 cm³/mol. The molecule has 6 heteroatoms. The minimum Gasteiger partial charge on any atom is -0.493 e. The normalized spacial score (nSPS) is 20.8. The Hall–Kier alpha value is -2.10. The van der Waals surface area contributed by atoms with Gasteiger partial charge >= 0.3 is 0 Å². The molecule has 1 N–H and O–H groups in total. The van der Waals surface area contributed by atoms with E-state index in [2.05, 4.69) is 10.8 Å². The van der Waals surface area contributed by atoms with Gasteiger partial charge in [-0.2, -0.15) is 5.26 Å². The van der Waals surface area contributed by atoms with Crippen molar-refractivity contribution in [2.45, 2.75) is 37.1 Å². The Kier molecular flexibility index (Phi) is 4.74. The molecule has 0 bridgehead atoms. The van der Waals surface area contributed by atoms with Crippen LogP contribution in [0.4, 0.5) is 0 Å². The topological polar surface area (TPSA) is 79.2 Å². The first-order chi connectivity index (χ1) is 11.6. The standard InChI is InChI=1S/C18H20N2O3S/c1-2-23-17-10-11-18(15-8-4-3-7-14(15)17)24(21,22)20-16-9-5-6-13(16)12-19/h3-4,7-8,10-11,13,16,20H,2,5-6,9H2,1H3. The Morgan fingerprint density at radius 2 is 1.96 bits per heavy atom. The third-order valence-corrected chi connectivity index (χ3v) is 5.97. The average molecular weight is 344 g/mol. The number of nitriles is 1. The van der Waals surface area contributed by atoms with Crippen LogP contribution in [0.1, 0.15) is 26.2 Å². The first kappa shape index (κ1) is 16.7. The van der Waals surface area contributed by atoms with Crippen LogP contribution in [0.2, 0.25) is 0 Å². The summed E-state index contributed by atoms with van der Waals surface area (Å²) in [5.74, 6) is 0.413. The fraction of sp³-hybridized carbons (Fsp3) is 0.389. The van der Waals surface area contributed by atoms with Crippen LogP contribution in [0, 0.1) is 17.2 Å². The number of rotatable bonds is 5. The van der Waals surface area contributed by atoms with Crippen molar-refractivity contribution in [1.29, 1.82) is 5.26 Å². The molecule has 0 aliphatic heterocycles. The molecule has 126 valence electrons. The summed E-state index contributed by atoms with van der Waals surface area (Å²) >= 11 is 0. The molecular weight excluding hydrogens is 324 g/mol. The zero-order chi connectivity index (χ0) is 17.2. The molecule has 24 heavy (non-hydrogen) atoms. The molecule has 0 saturated heterocycles. The molecule has 2 aromatic carbocycles. The van der Waals surface area contributed by atoms with Crippen molar-refractivity contribution in [3.8, 4) is 11.8 Å². The second-order valence-corrected chi connectivity index (χ2v) is 7.62. The highest BCUT2D eigenvalue weighted by atomic mass is 32.2. The SMILES string of the molecule is CCOc1ccc(S(=O)(=O)NC2CCCC2C#N)c2ccccc12. The monoisotopic (exact) mass is 344 g/mol.